The topological polar surface area (TPSA) is 52.6 Å². The van der Waals surface area contributed by atoms with Gasteiger partial charge in [0.1, 0.15) is 5.54 Å². The van der Waals surface area contributed by atoms with Crippen LogP contribution in [0, 0.1) is 5.92 Å². The minimum atomic E-state index is -0.847. The number of nitrogens with one attached hydrogen (secondary N) is 1. The van der Waals surface area contributed by atoms with Crippen LogP contribution in [0.5, 0.6) is 0 Å². The monoisotopic (exact) mass is 398 g/mol. The van der Waals surface area contributed by atoms with Gasteiger partial charge in [0.05, 0.1) is 0 Å². The summed E-state index contributed by atoms with van der Waals surface area (Å²) in [6.07, 6.45) is 12.0. The highest BCUT2D eigenvalue weighted by Crippen LogP contribution is 2.35. The molecule has 0 heterocycles. The first-order valence-electron chi connectivity index (χ1n) is 12.0. The van der Waals surface area contributed by atoms with E-state index < -0.39 is 5.54 Å². The fourth-order valence-electron chi connectivity index (χ4n) is 4.41. The van der Waals surface area contributed by atoms with Crippen molar-refractivity contribution < 1.29 is 10.0 Å². The first kappa shape index (κ1) is 27.4. The maximum absolute atomic E-state index is 14.0. The lowest BCUT2D eigenvalue weighted by Crippen LogP contribution is -2.63. The van der Waals surface area contributed by atoms with Crippen LogP contribution >= 0.6 is 0 Å². The number of unbranched alkanes of at least 4 members (excludes halogenated alkanes) is 4. The van der Waals surface area contributed by atoms with E-state index in [1.165, 1.54) is 12.8 Å². The number of carbonyl (C=O) groups excluding carboxylic acids is 1. The molecule has 0 saturated carbocycles. The number of hydrogen-bond acceptors (Lipinski definition) is 3. The second-order valence-corrected chi connectivity index (χ2v) is 9.11. The Bertz CT molecular complexity index is 401. The molecule has 0 spiro atoms. The van der Waals surface area contributed by atoms with E-state index in [0.29, 0.717) is 18.8 Å². The summed E-state index contributed by atoms with van der Waals surface area (Å²) in [7, 11) is 0. The second kappa shape index (κ2) is 14.4. The third-order valence-corrected chi connectivity index (χ3v) is 6.61. The Morgan fingerprint density at radius 1 is 0.893 bits per heavy atom. The maximum atomic E-state index is 14.0. The lowest BCUT2D eigenvalue weighted by atomic mass is 9.78. The number of hydroxylamine groups is 1. The standard InChI is InChI=1S/C24H50N2O2/c1-8-13-17-21(12-5)23(6,7)26(20-16-11-4)22(27)24(25-28,18-14-9-2)19-15-10-3/h21,25,28H,8-20H2,1-7H3. The number of rotatable bonds is 17. The van der Waals surface area contributed by atoms with Crippen LogP contribution in [-0.4, -0.2) is 33.6 Å². The van der Waals surface area contributed by atoms with Crippen molar-refractivity contribution in [2.24, 2.45) is 5.92 Å². The molecule has 1 amide bonds. The molecule has 0 aliphatic heterocycles. The van der Waals surface area contributed by atoms with Crippen LogP contribution in [0.1, 0.15) is 126 Å². The van der Waals surface area contributed by atoms with E-state index in [1.54, 1.807) is 0 Å². The van der Waals surface area contributed by atoms with E-state index in [2.05, 4.69) is 58.8 Å². The molecule has 0 aliphatic carbocycles. The molecule has 0 saturated heterocycles. The van der Waals surface area contributed by atoms with Crippen LogP contribution in [0.4, 0.5) is 0 Å². The fraction of sp³-hybridized carbons (Fsp3) is 0.958. The summed E-state index contributed by atoms with van der Waals surface area (Å²) in [5.41, 5.74) is 1.46. The van der Waals surface area contributed by atoms with Crippen molar-refractivity contribution in [3.63, 3.8) is 0 Å². The number of carbonyl (C=O) groups is 1. The fourth-order valence-corrected chi connectivity index (χ4v) is 4.41. The van der Waals surface area contributed by atoms with Gasteiger partial charge in [-0.25, -0.2) is 0 Å². The predicted molar refractivity (Wildman–Crippen MR) is 121 cm³/mol. The number of nitrogens with zero attached hydrogens (tertiary/aromatic N) is 1. The molecule has 0 rings (SSSR count). The highest BCUT2D eigenvalue weighted by Gasteiger charge is 2.45. The van der Waals surface area contributed by atoms with E-state index in [4.69, 9.17) is 0 Å². The molecule has 2 N–H and O–H groups in total. The van der Waals surface area contributed by atoms with Crippen LogP contribution in [-0.2, 0) is 4.79 Å². The third-order valence-electron chi connectivity index (χ3n) is 6.61. The zero-order valence-electron chi connectivity index (χ0n) is 20.1. The molecule has 0 aliphatic rings. The third kappa shape index (κ3) is 7.67. The molecule has 0 bridgehead atoms. The molecular weight excluding hydrogens is 348 g/mol. The Kier molecular flexibility index (Phi) is 14.1. The summed E-state index contributed by atoms with van der Waals surface area (Å²) in [6, 6.07) is 0. The summed E-state index contributed by atoms with van der Waals surface area (Å²) in [5.74, 6) is 0.576. The van der Waals surface area contributed by atoms with Gasteiger partial charge in [0.15, 0.2) is 0 Å². The maximum Gasteiger partial charge on any atom is 0.245 e. The second-order valence-electron chi connectivity index (χ2n) is 9.11. The first-order valence-corrected chi connectivity index (χ1v) is 12.0. The van der Waals surface area contributed by atoms with Gasteiger partial charge >= 0.3 is 0 Å². The molecule has 0 fully saturated rings. The van der Waals surface area contributed by atoms with Gasteiger partial charge in [-0.15, -0.1) is 0 Å². The van der Waals surface area contributed by atoms with E-state index in [-0.39, 0.29) is 11.4 Å². The lowest BCUT2D eigenvalue weighted by Gasteiger charge is -2.48. The molecular formula is C24H50N2O2. The average molecular weight is 399 g/mol. The summed E-state index contributed by atoms with van der Waals surface area (Å²) < 4.78 is 0. The molecule has 28 heavy (non-hydrogen) atoms. The average Bonchev–Trinajstić information content (AvgIpc) is 2.69. The van der Waals surface area contributed by atoms with Crippen molar-refractivity contribution in [2.75, 3.05) is 6.54 Å². The highest BCUT2D eigenvalue weighted by atomic mass is 16.5. The van der Waals surface area contributed by atoms with E-state index in [1.807, 2.05) is 0 Å². The Balaban J connectivity index is 5.91. The van der Waals surface area contributed by atoms with Gasteiger partial charge in [-0.3, -0.25) is 4.79 Å². The van der Waals surface area contributed by atoms with Gasteiger partial charge in [-0.05, 0) is 45.4 Å². The first-order chi connectivity index (χ1) is 13.3. The minimum absolute atomic E-state index is 0.102. The Labute approximate surface area is 175 Å². The van der Waals surface area contributed by atoms with Crippen molar-refractivity contribution >= 4 is 5.91 Å². The van der Waals surface area contributed by atoms with Crippen LogP contribution in [0.3, 0.4) is 0 Å². The molecule has 4 nitrogen and oxygen atoms in total. The predicted octanol–water partition coefficient (Wildman–Crippen LogP) is 6.71. The minimum Gasteiger partial charge on any atom is -0.336 e. The van der Waals surface area contributed by atoms with E-state index in [0.717, 1.165) is 57.9 Å². The Hall–Kier alpha value is -0.610. The van der Waals surface area contributed by atoms with Crippen molar-refractivity contribution in [2.45, 2.75) is 137 Å². The zero-order chi connectivity index (χ0) is 21.6. The zero-order valence-corrected chi connectivity index (χ0v) is 20.1. The largest absolute Gasteiger partial charge is 0.336 e. The molecule has 1 unspecified atom stereocenters. The molecule has 0 aromatic carbocycles. The molecule has 168 valence electrons. The Morgan fingerprint density at radius 3 is 1.79 bits per heavy atom. The SMILES string of the molecule is CCCCC(CC)C(C)(C)N(CCCC)C(=O)C(CCCC)(CCCC)NO. The lowest BCUT2D eigenvalue weighted by molar-refractivity contribution is -0.153. The van der Waals surface area contributed by atoms with Gasteiger partial charge in [-0.2, -0.15) is 5.48 Å². The normalized spacial score (nSPS) is 13.6. The quantitative estimate of drug-likeness (QED) is 0.268. The number of hydrogen-bond donors (Lipinski definition) is 2. The summed E-state index contributed by atoms with van der Waals surface area (Å²) in [5, 5.41) is 10.2. The molecule has 1 atom stereocenters. The van der Waals surface area contributed by atoms with Crippen molar-refractivity contribution in [1.29, 1.82) is 0 Å². The van der Waals surface area contributed by atoms with Gasteiger partial charge < -0.3 is 10.1 Å². The van der Waals surface area contributed by atoms with Gasteiger partial charge in [-0.1, -0.05) is 86.0 Å². The smallest absolute Gasteiger partial charge is 0.245 e. The summed E-state index contributed by atoms with van der Waals surface area (Å²) in [4.78, 5) is 16.1. The molecule has 0 aromatic rings. The van der Waals surface area contributed by atoms with Crippen LogP contribution in [0.15, 0.2) is 0 Å². The number of amides is 1. The van der Waals surface area contributed by atoms with Gasteiger partial charge in [0.25, 0.3) is 0 Å². The van der Waals surface area contributed by atoms with Crippen LogP contribution in [0.25, 0.3) is 0 Å². The molecule has 0 radical (unpaired) electrons. The van der Waals surface area contributed by atoms with E-state index >= 15 is 0 Å². The molecule has 0 aromatic heterocycles. The van der Waals surface area contributed by atoms with Crippen LogP contribution < -0.4 is 5.48 Å². The van der Waals surface area contributed by atoms with Crippen molar-refractivity contribution in [3.05, 3.63) is 0 Å². The van der Waals surface area contributed by atoms with Crippen molar-refractivity contribution in [3.8, 4) is 0 Å². The van der Waals surface area contributed by atoms with Crippen LogP contribution in [0.2, 0.25) is 0 Å². The van der Waals surface area contributed by atoms with E-state index in [9.17, 15) is 10.0 Å². The molecule has 4 heteroatoms. The van der Waals surface area contributed by atoms with Gasteiger partial charge in [0, 0.05) is 12.1 Å². The van der Waals surface area contributed by atoms with Crippen molar-refractivity contribution in [1.82, 2.24) is 10.4 Å². The summed E-state index contributed by atoms with van der Waals surface area (Å²) in [6.45, 7) is 16.2. The van der Waals surface area contributed by atoms with Gasteiger partial charge in [0.2, 0.25) is 5.91 Å². The highest BCUT2D eigenvalue weighted by molar-refractivity contribution is 5.87. The Morgan fingerprint density at radius 2 is 1.39 bits per heavy atom. The summed E-state index contributed by atoms with van der Waals surface area (Å²) >= 11 is 0.